The largest absolute Gasteiger partial charge is 0.325 e. The van der Waals surface area contributed by atoms with E-state index >= 15 is 0 Å². The first-order valence-corrected chi connectivity index (χ1v) is 7.97. The normalized spacial score (nSPS) is 11.0. The van der Waals surface area contributed by atoms with Crippen LogP contribution < -0.4 is 10.6 Å². The van der Waals surface area contributed by atoms with Gasteiger partial charge in [0.2, 0.25) is 11.8 Å². The molecule has 0 saturated carbocycles. The molecule has 0 unspecified atom stereocenters. The van der Waals surface area contributed by atoms with E-state index in [1.165, 1.54) is 0 Å². The summed E-state index contributed by atoms with van der Waals surface area (Å²) in [6, 6.07) is 13.3. The summed E-state index contributed by atoms with van der Waals surface area (Å²) in [5.41, 5.74) is 3.23. The molecule has 126 valence electrons. The fourth-order valence-electron chi connectivity index (χ4n) is 2.24. The molecule has 4 nitrogen and oxygen atoms in total. The number of carbonyl (C=O) groups is 2. The molecule has 4 heteroatoms. The number of carbonyl (C=O) groups excluding carboxylic acids is 2. The topological polar surface area (TPSA) is 58.2 Å². The molecule has 0 atom stereocenters. The molecule has 0 heterocycles. The lowest BCUT2D eigenvalue weighted by Gasteiger charge is -2.24. The number of benzene rings is 2. The minimum atomic E-state index is -1.20. The fraction of sp³-hybridized carbons (Fsp3) is 0.300. The van der Waals surface area contributed by atoms with Gasteiger partial charge in [-0.15, -0.1) is 0 Å². The molecule has 0 aliphatic heterocycles. The van der Waals surface area contributed by atoms with Crippen LogP contribution in [0.2, 0.25) is 0 Å². The number of hydrogen-bond donors (Lipinski definition) is 2. The molecule has 2 rings (SSSR count). The van der Waals surface area contributed by atoms with Crippen LogP contribution in [0.5, 0.6) is 0 Å². The second-order valence-electron chi connectivity index (χ2n) is 6.67. The van der Waals surface area contributed by atoms with Crippen molar-refractivity contribution in [2.45, 2.75) is 34.6 Å². The molecular weight excluding hydrogens is 300 g/mol. The fourth-order valence-corrected chi connectivity index (χ4v) is 2.24. The summed E-state index contributed by atoms with van der Waals surface area (Å²) in [7, 11) is 0. The molecule has 0 aliphatic carbocycles. The number of nitrogens with one attached hydrogen (secondary N) is 2. The van der Waals surface area contributed by atoms with Crippen molar-refractivity contribution in [3.63, 3.8) is 0 Å². The standard InChI is InChI=1S/C20H24N2O2/c1-13-10-11-15(3)17(12-13)22-19(24)20(4,5)18(23)21-16-9-7-6-8-14(16)2/h6-12H,1-5H3,(H,21,23)(H,22,24). The highest BCUT2D eigenvalue weighted by Crippen LogP contribution is 2.24. The molecule has 2 N–H and O–H groups in total. The minimum Gasteiger partial charge on any atom is -0.325 e. The van der Waals surface area contributed by atoms with Crippen LogP contribution in [0.1, 0.15) is 30.5 Å². The van der Waals surface area contributed by atoms with Crippen LogP contribution in [0, 0.1) is 26.2 Å². The first-order chi connectivity index (χ1) is 11.2. The molecule has 24 heavy (non-hydrogen) atoms. The van der Waals surface area contributed by atoms with Crippen molar-refractivity contribution in [2.75, 3.05) is 10.6 Å². The molecule has 0 radical (unpaired) electrons. The van der Waals surface area contributed by atoms with Gasteiger partial charge in [0.05, 0.1) is 0 Å². The average Bonchev–Trinajstić information content (AvgIpc) is 2.53. The SMILES string of the molecule is Cc1ccc(C)c(NC(=O)C(C)(C)C(=O)Nc2ccccc2C)c1. The van der Waals surface area contributed by atoms with E-state index < -0.39 is 5.41 Å². The van der Waals surface area contributed by atoms with E-state index in [-0.39, 0.29) is 11.8 Å². The number of rotatable bonds is 4. The van der Waals surface area contributed by atoms with E-state index in [1.807, 2.05) is 63.2 Å². The lowest BCUT2D eigenvalue weighted by Crippen LogP contribution is -2.41. The average molecular weight is 324 g/mol. The third-order valence-electron chi connectivity index (χ3n) is 4.17. The Morgan fingerprint density at radius 1 is 0.792 bits per heavy atom. The number of amides is 2. The monoisotopic (exact) mass is 324 g/mol. The Hall–Kier alpha value is -2.62. The summed E-state index contributed by atoms with van der Waals surface area (Å²) in [5, 5.41) is 5.72. The summed E-state index contributed by atoms with van der Waals surface area (Å²) in [6.45, 7) is 9.06. The smallest absolute Gasteiger partial charge is 0.239 e. The first-order valence-electron chi connectivity index (χ1n) is 7.97. The minimum absolute atomic E-state index is 0.331. The van der Waals surface area contributed by atoms with Crippen LogP contribution in [0.3, 0.4) is 0 Å². The summed E-state index contributed by atoms with van der Waals surface area (Å²) in [6.07, 6.45) is 0. The van der Waals surface area contributed by atoms with Gasteiger partial charge in [-0.3, -0.25) is 9.59 Å². The van der Waals surface area contributed by atoms with E-state index in [0.29, 0.717) is 0 Å². The van der Waals surface area contributed by atoms with Crippen LogP contribution in [0.4, 0.5) is 11.4 Å². The Kier molecular flexibility index (Phi) is 5.07. The first kappa shape index (κ1) is 17.7. The Labute approximate surface area is 143 Å². The molecule has 0 aliphatic rings. The summed E-state index contributed by atoms with van der Waals surface area (Å²) < 4.78 is 0. The van der Waals surface area contributed by atoms with E-state index in [2.05, 4.69) is 10.6 Å². The van der Waals surface area contributed by atoms with Gasteiger partial charge in [-0.05, 0) is 63.4 Å². The molecule has 0 saturated heterocycles. The van der Waals surface area contributed by atoms with Crippen LogP contribution >= 0.6 is 0 Å². The second kappa shape index (κ2) is 6.87. The highest BCUT2D eigenvalue weighted by atomic mass is 16.2. The van der Waals surface area contributed by atoms with E-state index in [0.717, 1.165) is 28.1 Å². The van der Waals surface area contributed by atoms with Gasteiger partial charge in [0.25, 0.3) is 0 Å². The molecule has 0 spiro atoms. The Morgan fingerprint density at radius 2 is 1.33 bits per heavy atom. The molecular formula is C20H24N2O2. The summed E-state index contributed by atoms with van der Waals surface area (Å²) in [5.74, 6) is -0.665. The quantitative estimate of drug-likeness (QED) is 0.828. The zero-order valence-electron chi connectivity index (χ0n) is 14.9. The maximum Gasteiger partial charge on any atom is 0.239 e. The van der Waals surface area contributed by atoms with Crippen molar-refractivity contribution in [1.29, 1.82) is 0 Å². The zero-order chi connectivity index (χ0) is 17.9. The van der Waals surface area contributed by atoms with Gasteiger partial charge in [0, 0.05) is 11.4 Å². The van der Waals surface area contributed by atoms with Gasteiger partial charge in [-0.25, -0.2) is 0 Å². The van der Waals surface area contributed by atoms with Crippen molar-refractivity contribution < 1.29 is 9.59 Å². The lowest BCUT2D eigenvalue weighted by molar-refractivity contribution is -0.135. The molecule has 0 bridgehead atoms. The predicted octanol–water partition coefficient (Wildman–Crippen LogP) is 4.22. The van der Waals surface area contributed by atoms with Crippen LogP contribution in [0.25, 0.3) is 0 Å². The van der Waals surface area contributed by atoms with Gasteiger partial charge in [0.1, 0.15) is 5.41 Å². The predicted molar refractivity (Wildman–Crippen MR) is 98.1 cm³/mol. The van der Waals surface area contributed by atoms with Crippen molar-refractivity contribution in [1.82, 2.24) is 0 Å². The molecule has 0 fully saturated rings. The summed E-state index contributed by atoms with van der Waals surface area (Å²) in [4.78, 5) is 25.2. The van der Waals surface area contributed by atoms with Crippen LogP contribution in [-0.4, -0.2) is 11.8 Å². The van der Waals surface area contributed by atoms with Crippen molar-refractivity contribution in [2.24, 2.45) is 5.41 Å². The van der Waals surface area contributed by atoms with E-state index in [9.17, 15) is 9.59 Å². The van der Waals surface area contributed by atoms with Crippen molar-refractivity contribution >= 4 is 23.2 Å². The number of anilines is 2. The lowest BCUT2D eigenvalue weighted by atomic mass is 9.90. The van der Waals surface area contributed by atoms with Gasteiger partial charge in [0.15, 0.2) is 0 Å². The van der Waals surface area contributed by atoms with Crippen molar-refractivity contribution in [3.8, 4) is 0 Å². The maximum atomic E-state index is 12.6. The Morgan fingerprint density at radius 3 is 1.96 bits per heavy atom. The van der Waals surface area contributed by atoms with Gasteiger partial charge >= 0.3 is 0 Å². The highest BCUT2D eigenvalue weighted by Gasteiger charge is 2.36. The number of hydrogen-bond acceptors (Lipinski definition) is 2. The second-order valence-corrected chi connectivity index (χ2v) is 6.67. The van der Waals surface area contributed by atoms with E-state index in [1.54, 1.807) is 13.8 Å². The number of para-hydroxylation sites is 1. The third kappa shape index (κ3) is 3.82. The highest BCUT2D eigenvalue weighted by molar-refractivity contribution is 6.14. The molecule has 2 aromatic rings. The molecule has 2 amide bonds. The third-order valence-corrected chi connectivity index (χ3v) is 4.17. The van der Waals surface area contributed by atoms with Crippen molar-refractivity contribution in [3.05, 3.63) is 59.2 Å². The van der Waals surface area contributed by atoms with E-state index in [4.69, 9.17) is 0 Å². The Balaban J connectivity index is 2.16. The van der Waals surface area contributed by atoms with Gasteiger partial charge < -0.3 is 10.6 Å². The maximum absolute atomic E-state index is 12.6. The molecule has 0 aromatic heterocycles. The van der Waals surface area contributed by atoms with Crippen LogP contribution in [0.15, 0.2) is 42.5 Å². The Bertz CT molecular complexity index is 779. The molecule has 2 aromatic carbocycles. The summed E-state index contributed by atoms with van der Waals surface area (Å²) >= 11 is 0. The van der Waals surface area contributed by atoms with Crippen LogP contribution in [-0.2, 0) is 9.59 Å². The van der Waals surface area contributed by atoms with Gasteiger partial charge in [-0.1, -0.05) is 30.3 Å². The number of aryl methyl sites for hydroxylation is 3. The van der Waals surface area contributed by atoms with Gasteiger partial charge in [-0.2, -0.15) is 0 Å². The zero-order valence-corrected chi connectivity index (χ0v) is 14.9.